The van der Waals surface area contributed by atoms with E-state index in [1.807, 2.05) is 0 Å². The van der Waals surface area contributed by atoms with Crippen molar-refractivity contribution in [3.8, 4) is 0 Å². The van der Waals surface area contributed by atoms with E-state index in [-0.39, 0.29) is 0 Å². The first-order valence-electron chi connectivity index (χ1n) is 8.47. The molecule has 0 bridgehead atoms. The van der Waals surface area contributed by atoms with Crippen LogP contribution in [0.2, 0.25) is 0 Å². The largest absolute Gasteiger partial charge is 0.376 e. The Labute approximate surface area is 138 Å². The maximum absolute atomic E-state index is 5.66. The summed E-state index contributed by atoms with van der Waals surface area (Å²) in [6.07, 6.45) is 2.61. The lowest BCUT2D eigenvalue weighted by molar-refractivity contribution is 0.114. The fourth-order valence-electron chi connectivity index (χ4n) is 2.95. The number of nitrogens with one attached hydrogen (secondary N) is 2. The minimum absolute atomic E-state index is 0.316. The quantitative estimate of drug-likeness (QED) is 0.659. The fourth-order valence-corrected chi connectivity index (χ4v) is 2.95. The highest BCUT2D eigenvalue weighted by Crippen LogP contribution is 2.19. The topological polar surface area (TPSA) is 45.7 Å². The number of aliphatic imine (C=N–C) groups is 1. The van der Waals surface area contributed by atoms with Crippen molar-refractivity contribution < 1.29 is 4.74 Å². The predicted molar refractivity (Wildman–Crippen MR) is 95.7 cm³/mol. The molecule has 1 fully saturated rings. The molecule has 0 spiro atoms. The minimum atomic E-state index is 0.316. The van der Waals surface area contributed by atoms with Gasteiger partial charge >= 0.3 is 0 Å². The van der Waals surface area contributed by atoms with Crippen molar-refractivity contribution in [3.05, 3.63) is 48.0 Å². The Hall–Kier alpha value is -2.07. The van der Waals surface area contributed by atoms with Crippen molar-refractivity contribution in [1.29, 1.82) is 0 Å². The second-order valence-corrected chi connectivity index (χ2v) is 5.85. The first kappa shape index (κ1) is 15.8. The van der Waals surface area contributed by atoms with Crippen LogP contribution < -0.4 is 10.6 Å². The first-order chi connectivity index (χ1) is 11.4. The van der Waals surface area contributed by atoms with Crippen molar-refractivity contribution in [2.24, 2.45) is 4.99 Å². The molecule has 23 heavy (non-hydrogen) atoms. The molecule has 1 heterocycles. The SMILES string of the molecule is CCNC(=NCc1cccc2ccccc12)NCC1CCCO1. The Morgan fingerprint density at radius 1 is 1.17 bits per heavy atom. The third-order valence-corrected chi connectivity index (χ3v) is 4.15. The van der Waals surface area contributed by atoms with Gasteiger partial charge in [-0.15, -0.1) is 0 Å². The van der Waals surface area contributed by atoms with E-state index in [1.54, 1.807) is 0 Å². The maximum atomic E-state index is 5.66. The average molecular weight is 311 g/mol. The molecule has 0 aromatic heterocycles. The van der Waals surface area contributed by atoms with Gasteiger partial charge in [0, 0.05) is 19.7 Å². The van der Waals surface area contributed by atoms with E-state index in [0.717, 1.165) is 38.5 Å². The van der Waals surface area contributed by atoms with Gasteiger partial charge in [0.1, 0.15) is 0 Å². The lowest BCUT2D eigenvalue weighted by Crippen LogP contribution is -2.41. The lowest BCUT2D eigenvalue weighted by Gasteiger charge is -2.15. The molecular weight excluding hydrogens is 286 g/mol. The van der Waals surface area contributed by atoms with Gasteiger partial charge in [0.05, 0.1) is 12.6 Å². The Balaban J connectivity index is 1.68. The number of hydrogen-bond donors (Lipinski definition) is 2. The number of ether oxygens (including phenoxy) is 1. The number of guanidine groups is 1. The zero-order valence-corrected chi connectivity index (χ0v) is 13.7. The zero-order valence-electron chi connectivity index (χ0n) is 13.7. The zero-order chi connectivity index (χ0) is 15.9. The molecule has 1 saturated heterocycles. The lowest BCUT2D eigenvalue weighted by atomic mass is 10.1. The molecule has 2 aromatic carbocycles. The van der Waals surface area contributed by atoms with Crippen LogP contribution in [-0.2, 0) is 11.3 Å². The van der Waals surface area contributed by atoms with Gasteiger partial charge in [-0.2, -0.15) is 0 Å². The monoisotopic (exact) mass is 311 g/mol. The summed E-state index contributed by atoms with van der Waals surface area (Å²) in [6.45, 7) is 5.31. The first-order valence-corrected chi connectivity index (χ1v) is 8.47. The molecule has 122 valence electrons. The van der Waals surface area contributed by atoms with Crippen molar-refractivity contribution in [2.45, 2.75) is 32.4 Å². The molecule has 4 nitrogen and oxygen atoms in total. The van der Waals surface area contributed by atoms with Gasteiger partial charge in [-0.1, -0.05) is 42.5 Å². The highest BCUT2D eigenvalue weighted by atomic mass is 16.5. The normalized spacial score (nSPS) is 18.3. The number of fused-ring (bicyclic) bond motifs is 1. The van der Waals surface area contributed by atoms with Crippen LogP contribution in [0.3, 0.4) is 0 Å². The highest BCUT2D eigenvalue weighted by molar-refractivity contribution is 5.86. The molecule has 0 radical (unpaired) electrons. The van der Waals surface area contributed by atoms with Gasteiger partial charge in [-0.3, -0.25) is 0 Å². The van der Waals surface area contributed by atoms with Crippen LogP contribution in [0.4, 0.5) is 0 Å². The van der Waals surface area contributed by atoms with Crippen LogP contribution in [0.25, 0.3) is 10.8 Å². The van der Waals surface area contributed by atoms with Crippen LogP contribution in [0.1, 0.15) is 25.3 Å². The maximum Gasteiger partial charge on any atom is 0.191 e. The summed E-state index contributed by atoms with van der Waals surface area (Å²) in [5, 5.41) is 9.24. The molecule has 2 aromatic rings. The average Bonchev–Trinajstić information content (AvgIpc) is 3.11. The van der Waals surface area contributed by atoms with Crippen LogP contribution in [0.15, 0.2) is 47.5 Å². The summed E-state index contributed by atoms with van der Waals surface area (Å²) in [5.74, 6) is 0.857. The smallest absolute Gasteiger partial charge is 0.191 e. The molecule has 0 saturated carbocycles. The van der Waals surface area contributed by atoms with E-state index in [0.29, 0.717) is 12.6 Å². The molecule has 1 aliphatic heterocycles. The number of rotatable bonds is 5. The number of hydrogen-bond acceptors (Lipinski definition) is 2. The van der Waals surface area contributed by atoms with E-state index in [4.69, 9.17) is 9.73 Å². The molecule has 3 rings (SSSR count). The summed E-state index contributed by atoms with van der Waals surface area (Å²) in [7, 11) is 0. The van der Waals surface area contributed by atoms with Crippen LogP contribution in [0.5, 0.6) is 0 Å². The molecular formula is C19H25N3O. The van der Waals surface area contributed by atoms with Crippen LogP contribution in [-0.4, -0.2) is 31.8 Å². The van der Waals surface area contributed by atoms with Crippen molar-refractivity contribution >= 4 is 16.7 Å². The van der Waals surface area contributed by atoms with Crippen LogP contribution in [0, 0.1) is 0 Å². The van der Waals surface area contributed by atoms with E-state index >= 15 is 0 Å². The molecule has 1 unspecified atom stereocenters. The van der Waals surface area contributed by atoms with Gasteiger partial charge in [-0.05, 0) is 36.1 Å². The molecule has 1 atom stereocenters. The van der Waals surface area contributed by atoms with Crippen molar-refractivity contribution in [3.63, 3.8) is 0 Å². The van der Waals surface area contributed by atoms with Gasteiger partial charge in [-0.25, -0.2) is 4.99 Å². The third-order valence-electron chi connectivity index (χ3n) is 4.15. The second kappa shape index (κ2) is 7.97. The summed E-state index contributed by atoms with van der Waals surface area (Å²) < 4.78 is 5.66. The van der Waals surface area contributed by atoms with Crippen molar-refractivity contribution in [1.82, 2.24) is 10.6 Å². The standard InChI is InChI=1S/C19H25N3O/c1-2-20-19(22-14-17-10-6-12-23-17)21-13-16-9-5-8-15-7-3-4-11-18(15)16/h3-5,7-9,11,17H,2,6,10,12-14H2,1H3,(H2,20,21,22). The Bertz CT molecular complexity index is 657. The second-order valence-electron chi connectivity index (χ2n) is 5.85. The number of nitrogens with zero attached hydrogens (tertiary/aromatic N) is 1. The highest BCUT2D eigenvalue weighted by Gasteiger charge is 2.15. The van der Waals surface area contributed by atoms with Gasteiger partial charge in [0.15, 0.2) is 5.96 Å². The van der Waals surface area contributed by atoms with Gasteiger partial charge < -0.3 is 15.4 Å². The summed E-state index contributed by atoms with van der Waals surface area (Å²) in [6, 6.07) is 14.8. The minimum Gasteiger partial charge on any atom is -0.376 e. The Morgan fingerprint density at radius 2 is 2.04 bits per heavy atom. The fraction of sp³-hybridized carbons (Fsp3) is 0.421. The van der Waals surface area contributed by atoms with Crippen LogP contribution >= 0.6 is 0 Å². The Kier molecular flexibility index (Phi) is 5.48. The molecule has 2 N–H and O–H groups in total. The summed E-state index contributed by atoms with van der Waals surface area (Å²) >= 11 is 0. The Morgan fingerprint density at radius 3 is 2.87 bits per heavy atom. The molecule has 0 aliphatic carbocycles. The summed E-state index contributed by atoms with van der Waals surface area (Å²) in [4.78, 5) is 4.73. The molecule has 4 heteroatoms. The van der Waals surface area contributed by atoms with E-state index < -0.39 is 0 Å². The predicted octanol–water partition coefficient (Wildman–Crippen LogP) is 3.07. The van der Waals surface area contributed by atoms with E-state index in [9.17, 15) is 0 Å². The van der Waals surface area contributed by atoms with Gasteiger partial charge in [0.2, 0.25) is 0 Å². The van der Waals surface area contributed by atoms with E-state index in [2.05, 4.69) is 60.0 Å². The van der Waals surface area contributed by atoms with Crippen molar-refractivity contribution in [2.75, 3.05) is 19.7 Å². The molecule has 1 aliphatic rings. The third kappa shape index (κ3) is 4.23. The summed E-state index contributed by atoms with van der Waals surface area (Å²) in [5.41, 5.74) is 1.25. The molecule has 0 amide bonds. The van der Waals surface area contributed by atoms with Gasteiger partial charge in [0.25, 0.3) is 0 Å². The van der Waals surface area contributed by atoms with E-state index in [1.165, 1.54) is 16.3 Å². The number of benzene rings is 2.